The number of alkyl halides is 3. The van der Waals surface area contributed by atoms with Crippen molar-refractivity contribution in [1.29, 1.82) is 0 Å². The Morgan fingerprint density at radius 3 is 2.56 bits per heavy atom. The van der Waals surface area contributed by atoms with E-state index in [0.29, 0.717) is 12.8 Å². The molecule has 1 aliphatic rings. The van der Waals surface area contributed by atoms with Crippen LogP contribution in [0.5, 0.6) is 5.75 Å². The largest absolute Gasteiger partial charge is 0.489 e. The zero-order chi connectivity index (χ0) is 11.8. The van der Waals surface area contributed by atoms with Crippen LogP contribution < -0.4 is 10.5 Å². The van der Waals surface area contributed by atoms with Gasteiger partial charge in [0.15, 0.2) is 0 Å². The number of nitrogens with two attached hydrogens (primary N) is 1. The Morgan fingerprint density at radius 2 is 2.00 bits per heavy atom. The van der Waals surface area contributed by atoms with Gasteiger partial charge in [-0.3, -0.25) is 4.98 Å². The highest BCUT2D eigenvalue weighted by Crippen LogP contribution is 2.32. The predicted octanol–water partition coefficient (Wildman–Crippen LogP) is 1.97. The van der Waals surface area contributed by atoms with Gasteiger partial charge in [0.05, 0.1) is 11.8 Å². The molecule has 1 aliphatic carbocycles. The van der Waals surface area contributed by atoms with Crippen molar-refractivity contribution in [1.82, 2.24) is 4.98 Å². The van der Waals surface area contributed by atoms with Crippen LogP contribution in [0.4, 0.5) is 13.2 Å². The van der Waals surface area contributed by atoms with Crippen LogP contribution in [-0.4, -0.2) is 17.1 Å². The standard InChI is InChI=1S/C10H11F3N2O/c11-10(12,13)6-1-9(5-15-4-6)16-8-2-7(14)3-8/h1,4-5,7-8H,2-3,14H2. The lowest BCUT2D eigenvalue weighted by atomic mass is 9.90. The number of hydrogen-bond donors (Lipinski definition) is 1. The number of ether oxygens (including phenoxy) is 1. The predicted molar refractivity (Wildman–Crippen MR) is 50.9 cm³/mol. The molecule has 0 aromatic carbocycles. The van der Waals surface area contributed by atoms with Crippen molar-refractivity contribution in [2.45, 2.75) is 31.2 Å². The molecule has 0 atom stereocenters. The Kier molecular flexibility index (Phi) is 2.75. The van der Waals surface area contributed by atoms with E-state index in [-0.39, 0.29) is 17.9 Å². The van der Waals surface area contributed by atoms with Crippen molar-refractivity contribution in [2.24, 2.45) is 5.73 Å². The summed E-state index contributed by atoms with van der Waals surface area (Å²) in [5.74, 6) is 0.145. The number of hydrogen-bond acceptors (Lipinski definition) is 3. The van der Waals surface area contributed by atoms with E-state index >= 15 is 0 Å². The van der Waals surface area contributed by atoms with Crippen LogP contribution in [0, 0.1) is 0 Å². The average molecular weight is 232 g/mol. The van der Waals surface area contributed by atoms with E-state index in [1.54, 1.807) is 0 Å². The third kappa shape index (κ3) is 2.44. The fraction of sp³-hybridized carbons (Fsp3) is 0.500. The molecule has 1 aromatic heterocycles. The first kappa shape index (κ1) is 11.2. The van der Waals surface area contributed by atoms with Crippen molar-refractivity contribution in [2.75, 3.05) is 0 Å². The highest BCUT2D eigenvalue weighted by atomic mass is 19.4. The van der Waals surface area contributed by atoms with Gasteiger partial charge in [-0.2, -0.15) is 13.2 Å². The molecular weight excluding hydrogens is 221 g/mol. The molecule has 1 saturated carbocycles. The molecule has 16 heavy (non-hydrogen) atoms. The summed E-state index contributed by atoms with van der Waals surface area (Å²) in [7, 11) is 0. The van der Waals surface area contributed by atoms with Gasteiger partial charge in [-0.25, -0.2) is 0 Å². The second-order valence-corrected chi connectivity index (χ2v) is 3.88. The van der Waals surface area contributed by atoms with E-state index in [2.05, 4.69) is 4.98 Å². The molecule has 2 N–H and O–H groups in total. The summed E-state index contributed by atoms with van der Waals surface area (Å²) in [6.45, 7) is 0. The third-order valence-corrected chi connectivity index (χ3v) is 2.47. The number of rotatable bonds is 2. The number of pyridine rings is 1. The Bertz CT molecular complexity index is 375. The summed E-state index contributed by atoms with van der Waals surface area (Å²) in [5, 5.41) is 0. The van der Waals surface area contributed by atoms with Crippen LogP contribution in [0.3, 0.4) is 0 Å². The van der Waals surface area contributed by atoms with Gasteiger partial charge in [-0.15, -0.1) is 0 Å². The fourth-order valence-corrected chi connectivity index (χ4v) is 1.53. The van der Waals surface area contributed by atoms with E-state index in [0.717, 1.165) is 12.3 Å². The SMILES string of the molecule is NC1CC(Oc2cncc(C(F)(F)F)c2)C1. The topological polar surface area (TPSA) is 48.1 Å². The molecule has 88 valence electrons. The number of nitrogens with zero attached hydrogens (tertiary/aromatic N) is 1. The van der Waals surface area contributed by atoms with Crippen LogP contribution in [-0.2, 0) is 6.18 Å². The molecule has 1 aromatic rings. The highest BCUT2D eigenvalue weighted by molar-refractivity contribution is 5.26. The minimum absolute atomic E-state index is 0.0831. The summed E-state index contributed by atoms with van der Waals surface area (Å²) in [5.41, 5.74) is 4.75. The molecule has 0 aliphatic heterocycles. The smallest absolute Gasteiger partial charge is 0.418 e. The van der Waals surface area contributed by atoms with Crippen molar-refractivity contribution >= 4 is 0 Å². The Morgan fingerprint density at radius 1 is 1.31 bits per heavy atom. The van der Waals surface area contributed by atoms with E-state index in [9.17, 15) is 13.2 Å². The van der Waals surface area contributed by atoms with Gasteiger partial charge < -0.3 is 10.5 Å². The van der Waals surface area contributed by atoms with Gasteiger partial charge in [0, 0.05) is 12.2 Å². The van der Waals surface area contributed by atoms with E-state index in [1.165, 1.54) is 6.20 Å². The van der Waals surface area contributed by atoms with E-state index < -0.39 is 11.7 Å². The number of halogens is 3. The van der Waals surface area contributed by atoms with Gasteiger partial charge >= 0.3 is 6.18 Å². The van der Waals surface area contributed by atoms with Gasteiger partial charge in [-0.05, 0) is 18.9 Å². The normalized spacial score (nSPS) is 25.0. The van der Waals surface area contributed by atoms with E-state index in [1.807, 2.05) is 0 Å². The van der Waals surface area contributed by atoms with Crippen molar-refractivity contribution in [3.63, 3.8) is 0 Å². The van der Waals surface area contributed by atoms with Crippen LogP contribution >= 0.6 is 0 Å². The first-order valence-corrected chi connectivity index (χ1v) is 4.89. The zero-order valence-electron chi connectivity index (χ0n) is 8.37. The molecule has 0 spiro atoms. The molecule has 0 bridgehead atoms. The maximum absolute atomic E-state index is 12.3. The minimum atomic E-state index is -4.39. The summed E-state index contributed by atoms with van der Waals surface area (Å²) >= 11 is 0. The highest BCUT2D eigenvalue weighted by Gasteiger charge is 2.32. The summed E-state index contributed by atoms with van der Waals surface area (Å²) in [6.07, 6.45) is -1.06. The maximum atomic E-state index is 12.3. The molecule has 1 fully saturated rings. The minimum Gasteiger partial charge on any atom is -0.489 e. The Balaban J connectivity index is 2.05. The van der Waals surface area contributed by atoms with Crippen LogP contribution in [0.15, 0.2) is 18.5 Å². The van der Waals surface area contributed by atoms with Gasteiger partial charge in [0.25, 0.3) is 0 Å². The summed E-state index contributed by atoms with van der Waals surface area (Å²) in [4.78, 5) is 3.51. The average Bonchev–Trinajstić information content (AvgIpc) is 2.14. The van der Waals surface area contributed by atoms with Crippen molar-refractivity contribution < 1.29 is 17.9 Å². The quantitative estimate of drug-likeness (QED) is 0.848. The molecule has 6 heteroatoms. The molecule has 0 saturated heterocycles. The second kappa shape index (κ2) is 3.93. The summed E-state index contributed by atoms with van der Waals surface area (Å²) < 4.78 is 42.4. The molecule has 0 unspecified atom stereocenters. The van der Waals surface area contributed by atoms with Gasteiger partial charge in [0.2, 0.25) is 0 Å². The molecule has 2 rings (SSSR count). The van der Waals surface area contributed by atoms with Crippen LogP contribution in [0.2, 0.25) is 0 Å². The Hall–Kier alpha value is -1.30. The molecule has 0 radical (unpaired) electrons. The summed E-state index contributed by atoms with van der Waals surface area (Å²) in [6, 6.07) is 1.06. The first-order valence-electron chi connectivity index (χ1n) is 4.89. The van der Waals surface area contributed by atoms with Crippen molar-refractivity contribution in [3.8, 4) is 5.75 Å². The lowest BCUT2D eigenvalue weighted by molar-refractivity contribution is -0.138. The van der Waals surface area contributed by atoms with Gasteiger partial charge in [-0.1, -0.05) is 0 Å². The fourth-order valence-electron chi connectivity index (χ4n) is 1.53. The molecular formula is C10H11F3N2O. The third-order valence-electron chi connectivity index (χ3n) is 2.47. The first-order chi connectivity index (χ1) is 7.45. The molecule has 1 heterocycles. The van der Waals surface area contributed by atoms with E-state index in [4.69, 9.17) is 10.5 Å². The second-order valence-electron chi connectivity index (χ2n) is 3.88. The molecule has 0 amide bonds. The van der Waals surface area contributed by atoms with Gasteiger partial charge in [0.1, 0.15) is 11.9 Å². The monoisotopic (exact) mass is 232 g/mol. The number of aromatic nitrogens is 1. The Labute approximate surface area is 90.4 Å². The van der Waals surface area contributed by atoms with Crippen molar-refractivity contribution in [3.05, 3.63) is 24.0 Å². The van der Waals surface area contributed by atoms with Crippen LogP contribution in [0.1, 0.15) is 18.4 Å². The zero-order valence-corrected chi connectivity index (χ0v) is 8.37. The maximum Gasteiger partial charge on any atom is 0.418 e. The van der Waals surface area contributed by atoms with Crippen LogP contribution in [0.25, 0.3) is 0 Å². The molecule has 3 nitrogen and oxygen atoms in total. The lowest BCUT2D eigenvalue weighted by Crippen LogP contribution is -2.43. The lowest BCUT2D eigenvalue weighted by Gasteiger charge is -2.32.